The van der Waals surface area contributed by atoms with Crippen LogP contribution in [0.5, 0.6) is 0 Å². The molecule has 15 heavy (non-hydrogen) atoms. The molecule has 88 valence electrons. The van der Waals surface area contributed by atoms with E-state index in [1.54, 1.807) is 0 Å². The Hall–Kier alpha value is -0.0400. The van der Waals surface area contributed by atoms with E-state index >= 15 is 0 Å². The molecule has 0 aliphatic heterocycles. The summed E-state index contributed by atoms with van der Waals surface area (Å²) in [6.45, 7) is 4.77. The molecule has 0 atom stereocenters. The molecule has 2 aliphatic carbocycles. The Bertz CT molecular complexity index is 195. The van der Waals surface area contributed by atoms with Crippen LogP contribution >= 0.6 is 0 Å². The minimum absolute atomic E-state index is 0.215. The maximum atomic E-state index is 6.64. The van der Waals surface area contributed by atoms with Crippen LogP contribution in [0.4, 0.5) is 0 Å². The Kier molecular flexibility index (Phi) is 3.39. The van der Waals surface area contributed by atoms with E-state index in [1.165, 1.54) is 51.4 Å². The van der Waals surface area contributed by atoms with Gasteiger partial charge in [-0.25, -0.2) is 0 Å². The SMILES string of the molecule is CC1CCC(C2(N)CCC(C)CC2)CC1. The standard InChI is InChI=1S/C14H27N/c1-11-3-5-13(6-4-11)14(15)9-7-12(2)8-10-14/h11-13H,3-10,15H2,1-2H3. The molecular weight excluding hydrogens is 182 g/mol. The van der Waals surface area contributed by atoms with Gasteiger partial charge in [-0.05, 0) is 56.3 Å². The smallest absolute Gasteiger partial charge is 0.0183 e. The van der Waals surface area contributed by atoms with Crippen LogP contribution in [-0.2, 0) is 0 Å². The van der Waals surface area contributed by atoms with Crippen molar-refractivity contribution in [1.29, 1.82) is 0 Å². The van der Waals surface area contributed by atoms with Gasteiger partial charge in [0.05, 0.1) is 0 Å². The molecule has 0 bridgehead atoms. The molecule has 0 saturated heterocycles. The highest BCUT2D eigenvalue weighted by molar-refractivity contribution is 4.96. The van der Waals surface area contributed by atoms with E-state index in [0.717, 1.165) is 17.8 Å². The van der Waals surface area contributed by atoms with Crippen molar-refractivity contribution in [3.63, 3.8) is 0 Å². The first-order chi connectivity index (χ1) is 7.10. The minimum Gasteiger partial charge on any atom is -0.325 e. The second-order valence-corrected chi connectivity index (χ2v) is 6.37. The van der Waals surface area contributed by atoms with Crippen LogP contribution in [0.15, 0.2) is 0 Å². The van der Waals surface area contributed by atoms with Crippen molar-refractivity contribution in [3.05, 3.63) is 0 Å². The second kappa shape index (κ2) is 4.45. The highest BCUT2D eigenvalue weighted by Crippen LogP contribution is 2.42. The third-order valence-electron chi connectivity index (χ3n) is 5.03. The van der Waals surface area contributed by atoms with Crippen LogP contribution in [0.2, 0.25) is 0 Å². The van der Waals surface area contributed by atoms with Crippen molar-refractivity contribution < 1.29 is 0 Å². The summed E-state index contributed by atoms with van der Waals surface area (Å²) in [5, 5.41) is 0. The lowest BCUT2D eigenvalue weighted by molar-refractivity contribution is 0.120. The van der Waals surface area contributed by atoms with E-state index in [2.05, 4.69) is 13.8 Å². The summed E-state index contributed by atoms with van der Waals surface area (Å²) < 4.78 is 0. The lowest BCUT2D eigenvalue weighted by Gasteiger charge is -2.45. The fourth-order valence-electron chi connectivity index (χ4n) is 3.54. The second-order valence-electron chi connectivity index (χ2n) is 6.37. The lowest BCUT2D eigenvalue weighted by Crippen LogP contribution is -2.50. The number of rotatable bonds is 1. The maximum Gasteiger partial charge on any atom is 0.0183 e. The van der Waals surface area contributed by atoms with Crippen LogP contribution in [-0.4, -0.2) is 5.54 Å². The van der Waals surface area contributed by atoms with Crippen molar-refractivity contribution in [1.82, 2.24) is 0 Å². The monoisotopic (exact) mass is 209 g/mol. The molecule has 2 rings (SSSR count). The predicted molar refractivity (Wildman–Crippen MR) is 65.7 cm³/mol. The molecule has 2 aliphatic rings. The zero-order valence-corrected chi connectivity index (χ0v) is 10.5. The summed E-state index contributed by atoms with van der Waals surface area (Å²) in [6.07, 6.45) is 10.9. The number of nitrogens with two attached hydrogens (primary N) is 1. The van der Waals surface area contributed by atoms with Crippen molar-refractivity contribution in [3.8, 4) is 0 Å². The molecule has 2 fully saturated rings. The van der Waals surface area contributed by atoms with Crippen LogP contribution in [0.3, 0.4) is 0 Å². The van der Waals surface area contributed by atoms with E-state index in [1.807, 2.05) is 0 Å². The van der Waals surface area contributed by atoms with E-state index in [4.69, 9.17) is 5.73 Å². The molecule has 0 aromatic rings. The molecule has 1 heteroatoms. The summed E-state index contributed by atoms with van der Waals surface area (Å²) in [6, 6.07) is 0. The van der Waals surface area contributed by atoms with Crippen LogP contribution in [0, 0.1) is 17.8 Å². The van der Waals surface area contributed by atoms with Gasteiger partial charge < -0.3 is 5.73 Å². The van der Waals surface area contributed by atoms with Gasteiger partial charge in [0.2, 0.25) is 0 Å². The third-order valence-corrected chi connectivity index (χ3v) is 5.03. The molecule has 0 unspecified atom stereocenters. The van der Waals surface area contributed by atoms with Gasteiger partial charge in [-0.3, -0.25) is 0 Å². The van der Waals surface area contributed by atoms with Gasteiger partial charge in [0.1, 0.15) is 0 Å². The van der Waals surface area contributed by atoms with Crippen molar-refractivity contribution in [2.45, 2.75) is 70.8 Å². The third kappa shape index (κ3) is 2.55. The Balaban J connectivity index is 1.91. The van der Waals surface area contributed by atoms with E-state index in [-0.39, 0.29) is 5.54 Å². The van der Waals surface area contributed by atoms with Gasteiger partial charge in [0.15, 0.2) is 0 Å². The Morgan fingerprint density at radius 2 is 1.27 bits per heavy atom. The van der Waals surface area contributed by atoms with E-state index in [0.29, 0.717) is 0 Å². The fraction of sp³-hybridized carbons (Fsp3) is 1.00. The first kappa shape index (κ1) is 11.4. The summed E-state index contributed by atoms with van der Waals surface area (Å²) in [5.41, 5.74) is 6.86. The number of hydrogen-bond acceptors (Lipinski definition) is 1. The van der Waals surface area contributed by atoms with E-state index < -0.39 is 0 Å². The Morgan fingerprint density at radius 3 is 1.80 bits per heavy atom. The molecular formula is C14H27N. The topological polar surface area (TPSA) is 26.0 Å². The molecule has 2 saturated carbocycles. The molecule has 0 aromatic heterocycles. The van der Waals surface area contributed by atoms with Gasteiger partial charge in [-0.2, -0.15) is 0 Å². The normalized spacial score (nSPS) is 47.8. The van der Waals surface area contributed by atoms with Crippen molar-refractivity contribution >= 4 is 0 Å². The first-order valence-corrected chi connectivity index (χ1v) is 6.89. The molecule has 0 amide bonds. The highest BCUT2D eigenvalue weighted by Gasteiger charge is 2.38. The summed E-state index contributed by atoms with van der Waals surface area (Å²) in [7, 11) is 0. The lowest BCUT2D eigenvalue weighted by atomic mass is 9.65. The molecule has 0 heterocycles. The average Bonchev–Trinajstić information content (AvgIpc) is 2.24. The maximum absolute atomic E-state index is 6.64. The first-order valence-electron chi connectivity index (χ1n) is 6.89. The minimum atomic E-state index is 0.215. The van der Waals surface area contributed by atoms with Gasteiger partial charge in [-0.15, -0.1) is 0 Å². The quantitative estimate of drug-likeness (QED) is 0.700. The Labute approximate surface area is 94.8 Å². The summed E-state index contributed by atoms with van der Waals surface area (Å²) in [5.74, 6) is 2.71. The van der Waals surface area contributed by atoms with Crippen LogP contribution < -0.4 is 5.73 Å². The fourth-order valence-corrected chi connectivity index (χ4v) is 3.54. The average molecular weight is 209 g/mol. The van der Waals surface area contributed by atoms with Crippen molar-refractivity contribution in [2.75, 3.05) is 0 Å². The largest absolute Gasteiger partial charge is 0.325 e. The Morgan fingerprint density at radius 1 is 0.800 bits per heavy atom. The molecule has 0 radical (unpaired) electrons. The zero-order valence-electron chi connectivity index (χ0n) is 10.5. The van der Waals surface area contributed by atoms with Gasteiger partial charge in [0, 0.05) is 5.54 Å². The molecule has 0 spiro atoms. The van der Waals surface area contributed by atoms with Crippen LogP contribution in [0.1, 0.15) is 65.2 Å². The predicted octanol–water partition coefficient (Wildman–Crippen LogP) is 3.72. The van der Waals surface area contributed by atoms with Gasteiger partial charge in [-0.1, -0.05) is 26.7 Å². The number of hydrogen-bond donors (Lipinski definition) is 1. The summed E-state index contributed by atoms with van der Waals surface area (Å²) >= 11 is 0. The molecule has 2 N–H and O–H groups in total. The van der Waals surface area contributed by atoms with Crippen LogP contribution in [0.25, 0.3) is 0 Å². The van der Waals surface area contributed by atoms with Gasteiger partial charge in [0.25, 0.3) is 0 Å². The van der Waals surface area contributed by atoms with Crippen molar-refractivity contribution in [2.24, 2.45) is 23.5 Å². The zero-order chi connectivity index (χ0) is 10.9. The summed E-state index contributed by atoms with van der Waals surface area (Å²) in [4.78, 5) is 0. The molecule has 1 nitrogen and oxygen atoms in total. The van der Waals surface area contributed by atoms with E-state index in [9.17, 15) is 0 Å². The van der Waals surface area contributed by atoms with Gasteiger partial charge >= 0.3 is 0 Å². The highest BCUT2D eigenvalue weighted by atomic mass is 14.8. The molecule has 0 aromatic carbocycles.